The molecule has 0 amide bonds. The molecule has 1 N–H and O–H groups in total. The lowest BCUT2D eigenvalue weighted by molar-refractivity contribution is 0.131. The van der Waals surface area contributed by atoms with Crippen molar-refractivity contribution in [2.45, 2.75) is 19.4 Å². The Morgan fingerprint density at radius 1 is 1.39 bits per heavy atom. The molecule has 1 fully saturated rings. The number of rotatable bonds is 7. The molecular weight excluding hydrogens is 233 g/mol. The maximum atomic E-state index is 13.3. The van der Waals surface area contributed by atoms with Crippen molar-refractivity contribution in [2.75, 3.05) is 31.7 Å². The zero-order chi connectivity index (χ0) is 13.0. The summed E-state index contributed by atoms with van der Waals surface area (Å²) in [5.74, 6) is 0.452. The van der Waals surface area contributed by atoms with E-state index in [-0.39, 0.29) is 12.4 Å². The standard InChI is InChI=1S/C14H20FNO2/c1-16(4-5-18-10-11-2-3-11)14-7-12(9-17)6-13(15)8-14/h6-8,11,17H,2-5,9-10H2,1H3. The van der Waals surface area contributed by atoms with Gasteiger partial charge in [-0.1, -0.05) is 0 Å². The Labute approximate surface area is 107 Å². The van der Waals surface area contributed by atoms with Gasteiger partial charge in [0.15, 0.2) is 0 Å². The van der Waals surface area contributed by atoms with Crippen LogP contribution in [-0.4, -0.2) is 31.9 Å². The van der Waals surface area contributed by atoms with Crippen LogP contribution in [0.4, 0.5) is 10.1 Å². The van der Waals surface area contributed by atoms with Crippen molar-refractivity contribution in [1.29, 1.82) is 0 Å². The molecule has 100 valence electrons. The normalized spacial score (nSPS) is 14.8. The monoisotopic (exact) mass is 253 g/mol. The van der Waals surface area contributed by atoms with Gasteiger partial charge in [-0.3, -0.25) is 0 Å². The minimum Gasteiger partial charge on any atom is -0.392 e. The van der Waals surface area contributed by atoms with Crippen LogP contribution in [0.1, 0.15) is 18.4 Å². The average molecular weight is 253 g/mol. The Morgan fingerprint density at radius 2 is 2.17 bits per heavy atom. The van der Waals surface area contributed by atoms with Crippen LogP contribution in [0.15, 0.2) is 18.2 Å². The summed E-state index contributed by atoms with van der Waals surface area (Å²) in [5, 5.41) is 9.04. The van der Waals surface area contributed by atoms with E-state index in [0.717, 1.165) is 24.8 Å². The molecule has 1 saturated carbocycles. The van der Waals surface area contributed by atoms with E-state index in [9.17, 15) is 4.39 Å². The Hall–Kier alpha value is -1.13. The summed E-state index contributed by atoms with van der Waals surface area (Å²) in [6.07, 6.45) is 2.58. The zero-order valence-corrected chi connectivity index (χ0v) is 10.7. The number of ether oxygens (including phenoxy) is 1. The molecule has 0 radical (unpaired) electrons. The van der Waals surface area contributed by atoms with Crippen molar-refractivity contribution in [1.82, 2.24) is 0 Å². The summed E-state index contributed by atoms with van der Waals surface area (Å²) < 4.78 is 18.9. The van der Waals surface area contributed by atoms with Gasteiger partial charge >= 0.3 is 0 Å². The summed E-state index contributed by atoms with van der Waals surface area (Å²) >= 11 is 0. The van der Waals surface area contributed by atoms with Crippen LogP contribution in [0.3, 0.4) is 0 Å². The number of benzene rings is 1. The van der Waals surface area contributed by atoms with Crippen LogP contribution < -0.4 is 4.90 Å². The van der Waals surface area contributed by atoms with Gasteiger partial charge < -0.3 is 14.7 Å². The molecule has 2 rings (SSSR count). The van der Waals surface area contributed by atoms with E-state index in [0.29, 0.717) is 12.2 Å². The van der Waals surface area contributed by atoms with Gasteiger partial charge in [0, 0.05) is 25.9 Å². The molecule has 1 aromatic carbocycles. The van der Waals surface area contributed by atoms with Gasteiger partial charge in [0.05, 0.1) is 13.2 Å². The topological polar surface area (TPSA) is 32.7 Å². The molecule has 0 aromatic heterocycles. The van der Waals surface area contributed by atoms with Crippen molar-refractivity contribution < 1.29 is 14.2 Å². The Kier molecular flexibility index (Phi) is 4.55. The van der Waals surface area contributed by atoms with Crippen LogP contribution in [0.2, 0.25) is 0 Å². The first kappa shape index (κ1) is 13.3. The van der Waals surface area contributed by atoms with Gasteiger partial charge in [0.1, 0.15) is 5.82 Å². The van der Waals surface area contributed by atoms with Gasteiger partial charge in [0.2, 0.25) is 0 Å². The number of halogens is 1. The number of hydrogen-bond donors (Lipinski definition) is 1. The summed E-state index contributed by atoms with van der Waals surface area (Å²) in [6.45, 7) is 2.08. The number of hydrogen-bond acceptors (Lipinski definition) is 3. The smallest absolute Gasteiger partial charge is 0.125 e. The average Bonchev–Trinajstić information content (AvgIpc) is 3.17. The predicted molar refractivity (Wildman–Crippen MR) is 69.1 cm³/mol. The van der Waals surface area contributed by atoms with Crippen LogP contribution >= 0.6 is 0 Å². The molecule has 4 heteroatoms. The van der Waals surface area contributed by atoms with E-state index in [1.807, 2.05) is 11.9 Å². The van der Waals surface area contributed by atoms with E-state index < -0.39 is 0 Å². The molecule has 0 unspecified atom stereocenters. The van der Waals surface area contributed by atoms with E-state index in [4.69, 9.17) is 9.84 Å². The second-order valence-electron chi connectivity index (χ2n) is 4.92. The van der Waals surface area contributed by atoms with Gasteiger partial charge in [-0.2, -0.15) is 0 Å². The van der Waals surface area contributed by atoms with Gasteiger partial charge in [-0.05, 0) is 42.5 Å². The molecule has 0 spiro atoms. The van der Waals surface area contributed by atoms with Gasteiger partial charge in [0.25, 0.3) is 0 Å². The molecule has 1 aliphatic carbocycles. The van der Waals surface area contributed by atoms with Crippen molar-refractivity contribution in [3.8, 4) is 0 Å². The fourth-order valence-electron chi connectivity index (χ4n) is 1.81. The Balaban J connectivity index is 1.82. The molecule has 1 aliphatic rings. The van der Waals surface area contributed by atoms with Crippen molar-refractivity contribution in [3.63, 3.8) is 0 Å². The molecule has 0 bridgehead atoms. The van der Waals surface area contributed by atoms with E-state index in [1.54, 1.807) is 6.07 Å². The van der Waals surface area contributed by atoms with Crippen LogP contribution in [0.25, 0.3) is 0 Å². The molecular formula is C14H20FNO2. The third-order valence-electron chi connectivity index (χ3n) is 3.19. The van der Waals surface area contributed by atoms with E-state index in [2.05, 4.69) is 0 Å². The second kappa shape index (κ2) is 6.16. The Bertz CT molecular complexity index is 393. The highest BCUT2D eigenvalue weighted by atomic mass is 19.1. The third-order valence-corrected chi connectivity index (χ3v) is 3.19. The van der Waals surface area contributed by atoms with Crippen molar-refractivity contribution in [3.05, 3.63) is 29.6 Å². The molecule has 0 saturated heterocycles. The zero-order valence-electron chi connectivity index (χ0n) is 10.7. The number of likely N-dealkylation sites (N-methyl/N-ethyl adjacent to an activating group) is 1. The summed E-state index contributed by atoms with van der Waals surface area (Å²) in [6, 6.07) is 4.62. The third kappa shape index (κ3) is 3.96. The van der Waals surface area contributed by atoms with E-state index >= 15 is 0 Å². The van der Waals surface area contributed by atoms with Crippen LogP contribution in [0, 0.1) is 11.7 Å². The lowest BCUT2D eigenvalue weighted by Gasteiger charge is -2.20. The molecule has 1 aromatic rings. The highest BCUT2D eigenvalue weighted by Gasteiger charge is 2.20. The number of aliphatic hydroxyl groups excluding tert-OH is 1. The number of nitrogens with zero attached hydrogens (tertiary/aromatic N) is 1. The highest BCUT2D eigenvalue weighted by molar-refractivity contribution is 5.48. The van der Waals surface area contributed by atoms with Crippen LogP contribution in [-0.2, 0) is 11.3 Å². The lowest BCUT2D eigenvalue weighted by atomic mass is 10.2. The lowest BCUT2D eigenvalue weighted by Crippen LogP contribution is -2.23. The fourth-order valence-corrected chi connectivity index (χ4v) is 1.81. The first-order valence-corrected chi connectivity index (χ1v) is 6.38. The Morgan fingerprint density at radius 3 is 2.83 bits per heavy atom. The predicted octanol–water partition coefficient (Wildman–Crippen LogP) is 2.18. The maximum Gasteiger partial charge on any atom is 0.125 e. The number of aliphatic hydroxyl groups is 1. The first-order valence-electron chi connectivity index (χ1n) is 6.38. The number of anilines is 1. The molecule has 0 atom stereocenters. The minimum atomic E-state index is -0.317. The second-order valence-corrected chi connectivity index (χ2v) is 4.92. The molecule has 0 aliphatic heterocycles. The first-order chi connectivity index (χ1) is 8.69. The summed E-state index contributed by atoms with van der Waals surface area (Å²) in [4.78, 5) is 1.94. The molecule has 18 heavy (non-hydrogen) atoms. The molecule has 3 nitrogen and oxygen atoms in total. The van der Waals surface area contributed by atoms with Crippen LogP contribution in [0.5, 0.6) is 0 Å². The van der Waals surface area contributed by atoms with Crippen molar-refractivity contribution >= 4 is 5.69 Å². The fraction of sp³-hybridized carbons (Fsp3) is 0.571. The minimum absolute atomic E-state index is 0.142. The van der Waals surface area contributed by atoms with Crippen molar-refractivity contribution in [2.24, 2.45) is 5.92 Å². The largest absolute Gasteiger partial charge is 0.392 e. The van der Waals surface area contributed by atoms with Gasteiger partial charge in [-0.25, -0.2) is 4.39 Å². The summed E-state index contributed by atoms with van der Waals surface area (Å²) in [5.41, 5.74) is 1.37. The quantitative estimate of drug-likeness (QED) is 0.756. The highest BCUT2D eigenvalue weighted by Crippen LogP contribution is 2.28. The summed E-state index contributed by atoms with van der Waals surface area (Å²) in [7, 11) is 1.90. The maximum absolute atomic E-state index is 13.3. The van der Waals surface area contributed by atoms with E-state index in [1.165, 1.54) is 25.0 Å². The SMILES string of the molecule is CN(CCOCC1CC1)c1cc(F)cc(CO)c1. The van der Waals surface area contributed by atoms with Gasteiger partial charge in [-0.15, -0.1) is 0 Å². The molecule has 0 heterocycles.